The van der Waals surface area contributed by atoms with Gasteiger partial charge in [-0.2, -0.15) is 0 Å². The minimum absolute atomic E-state index is 0.503. The summed E-state index contributed by atoms with van der Waals surface area (Å²) in [6, 6.07) is 25.7. The van der Waals surface area contributed by atoms with E-state index >= 15 is 0 Å². The molecule has 3 rings (SSSR count). The van der Waals surface area contributed by atoms with Crippen LogP contribution >= 0.6 is 0 Å². The van der Waals surface area contributed by atoms with Gasteiger partial charge in [-0.25, -0.2) is 0 Å². The van der Waals surface area contributed by atoms with Gasteiger partial charge in [-0.3, -0.25) is 0 Å². The molecule has 0 spiro atoms. The van der Waals surface area contributed by atoms with Crippen LogP contribution in [0.2, 0.25) is 0 Å². The number of para-hydroxylation sites is 2. The first kappa shape index (κ1) is 15.2. The fourth-order valence-electron chi connectivity index (χ4n) is 2.34. The van der Waals surface area contributed by atoms with Gasteiger partial charge in [0, 0.05) is 0 Å². The summed E-state index contributed by atoms with van der Waals surface area (Å²) in [6.45, 7) is 4.44. The van der Waals surface area contributed by atoms with E-state index in [2.05, 4.69) is 6.92 Å². The standard InChI is InChI=1S/C21H19O2/c1-2-18-10-6-7-14-21(18)22-16-17-9-8-13-20(15-17)23-19-11-4-3-5-12-19/h3-15H,1-2,16H2. The molecule has 0 aliphatic rings. The van der Waals surface area contributed by atoms with Gasteiger partial charge in [-0.15, -0.1) is 0 Å². The third-order valence-electron chi connectivity index (χ3n) is 3.51. The normalized spacial score (nSPS) is 10.3. The molecule has 0 N–H and O–H groups in total. The van der Waals surface area contributed by atoms with Crippen LogP contribution < -0.4 is 9.47 Å². The van der Waals surface area contributed by atoms with Crippen molar-refractivity contribution in [1.82, 2.24) is 0 Å². The minimum Gasteiger partial charge on any atom is -0.489 e. The smallest absolute Gasteiger partial charge is 0.127 e. The summed E-state index contributed by atoms with van der Waals surface area (Å²) in [5, 5.41) is 0. The summed E-state index contributed by atoms with van der Waals surface area (Å²) in [6.07, 6.45) is 0.716. The summed E-state index contributed by atoms with van der Waals surface area (Å²) in [7, 11) is 0. The van der Waals surface area contributed by atoms with Crippen molar-refractivity contribution in [1.29, 1.82) is 0 Å². The van der Waals surface area contributed by atoms with Crippen LogP contribution in [-0.4, -0.2) is 0 Å². The molecule has 0 unspecified atom stereocenters. The molecule has 0 atom stereocenters. The number of hydrogen-bond donors (Lipinski definition) is 0. The number of rotatable bonds is 6. The largest absolute Gasteiger partial charge is 0.489 e. The van der Waals surface area contributed by atoms with Gasteiger partial charge < -0.3 is 9.47 Å². The van der Waals surface area contributed by atoms with Crippen LogP contribution in [0.25, 0.3) is 0 Å². The quantitative estimate of drug-likeness (QED) is 0.604. The molecule has 2 nitrogen and oxygen atoms in total. The summed E-state index contributed by atoms with van der Waals surface area (Å²) in [5.74, 6) is 2.52. The molecule has 1 radical (unpaired) electrons. The second-order valence-electron chi connectivity index (χ2n) is 5.21. The van der Waals surface area contributed by atoms with Crippen molar-refractivity contribution in [2.45, 2.75) is 13.0 Å². The maximum absolute atomic E-state index is 5.92. The van der Waals surface area contributed by atoms with Crippen molar-refractivity contribution >= 4 is 0 Å². The topological polar surface area (TPSA) is 18.5 Å². The molecule has 0 aliphatic carbocycles. The predicted molar refractivity (Wildman–Crippen MR) is 92.8 cm³/mol. The fourth-order valence-corrected chi connectivity index (χ4v) is 2.34. The lowest BCUT2D eigenvalue weighted by Crippen LogP contribution is -1.98. The molecule has 0 saturated carbocycles. The van der Waals surface area contributed by atoms with Gasteiger partial charge in [0.15, 0.2) is 0 Å². The van der Waals surface area contributed by atoms with Crippen LogP contribution in [0.3, 0.4) is 0 Å². The molecule has 0 amide bonds. The summed E-state index contributed by atoms with van der Waals surface area (Å²) < 4.78 is 11.8. The van der Waals surface area contributed by atoms with Gasteiger partial charge in [-0.1, -0.05) is 48.5 Å². The van der Waals surface area contributed by atoms with E-state index in [4.69, 9.17) is 9.47 Å². The van der Waals surface area contributed by atoms with Crippen molar-refractivity contribution in [2.24, 2.45) is 0 Å². The van der Waals surface area contributed by atoms with Crippen molar-refractivity contribution in [3.05, 3.63) is 96.9 Å². The molecule has 3 aromatic carbocycles. The molecular formula is C21H19O2. The number of benzene rings is 3. The highest BCUT2D eigenvalue weighted by molar-refractivity contribution is 5.36. The zero-order chi connectivity index (χ0) is 15.9. The Bertz CT molecular complexity index is 751. The Morgan fingerprint density at radius 1 is 0.739 bits per heavy atom. The van der Waals surface area contributed by atoms with Crippen LogP contribution in [0.4, 0.5) is 0 Å². The first-order valence-electron chi connectivity index (χ1n) is 7.67. The highest BCUT2D eigenvalue weighted by atomic mass is 16.5. The molecular weight excluding hydrogens is 284 g/mol. The van der Waals surface area contributed by atoms with Crippen molar-refractivity contribution < 1.29 is 9.47 Å². The van der Waals surface area contributed by atoms with Crippen molar-refractivity contribution in [3.8, 4) is 17.2 Å². The van der Waals surface area contributed by atoms with Crippen LogP contribution in [0.1, 0.15) is 11.1 Å². The average molecular weight is 303 g/mol. The lowest BCUT2D eigenvalue weighted by molar-refractivity contribution is 0.303. The van der Waals surface area contributed by atoms with Crippen molar-refractivity contribution in [3.63, 3.8) is 0 Å². The van der Waals surface area contributed by atoms with E-state index in [0.717, 1.165) is 28.4 Å². The first-order valence-corrected chi connectivity index (χ1v) is 7.67. The monoisotopic (exact) mass is 303 g/mol. The van der Waals surface area contributed by atoms with Gasteiger partial charge in [0.25, 0.3) is 0 Å². The zero-order valence-electron chi connectivity index (χ0n) is 12.9. The minimum atomic E-state index is 0.503. The van der Waals surface area contributed by atoms with Crippen LogP contribution in [0, 0.1) is 6.92 Å². The Balaban J connectivity index is 1.68. The van der Waals surface area contributed by atoms with Gasteiger partial charge in [-0.05, 0) is 54.8 Å². The van der Waals surface area contributed by atoms with E-state index in [1.54, 1.807) is 0 Å². The van der Waals surface area contributed by atoms with E-state index in [0.29, 0.717) is 13.0 Å². The molecule has 115 valence electrons. The zero-order valence-corrected chi connectivity index (χ0v) is 12.9. The molecule has 0 fully saturated rings. The second kappa shape index (κ2) is 7.50. The Hall–Kier alpha value is -2.74. The molecule has 2 heteroatoms. The molecule has 0 aromatic heterocycles. The first-order chi connectivity index (χ1) is 11.3. The lowest BCUT2D eigenvalue weighted by Gasteiger charge is -2.11. The Labute approximate surface area is 137 Å². The third-order valence-corrected chi connectivity index (χ3v) is 3.51. The Morgan fingerprint density at radius 3 is 2.30 bits per heavy atom. The van der Waals surface area contributed by atoms with E-state index in [9.17, 15) is 0 Å². The van der Waals surface area contributed by atoms with Crippen LogP contribution in [-0.2, 0) is 13.0 Å². The Morgan fingerprint density at radius 2 is 1.48 bits per heavy atom. The molecule has 3 aromatic rings. The summed E-state index contributed by atoms with van der Waals surface area (Å²) in [4.78, 5) is 0. The maximum Gasteiger partial charge on any atom is 0.127 e. The van der Waals surface area contributed by atoms with Gasteiger partial charge in [0.05, 0.1) is 0 Å². The molecule has 23 heavy (non-hydrogen) atoms. The molecule has 0 heterocycles. The predicted octanol–water partition coefficient (Wildman–Crippen LogP) is 5.43. The van der Waals surface area contributed by atoms with Gasteiger partial charge >= 0.3 is 0 Å². The highest BCUT2D eigenvalue weighted by Crippen LogP contribution is 2.23. The second-order valence-corrected chi connectivity index (χ2v) is 5.21. The van der Waals surface area contributed by atoms with Crippen LogP contribution in [0.15, 0.2) is 78.9 Å². The van der Waals surface area contributed by atoms with E-state index in [1.165, 1.54) is 0 Å². The summed E-state index contributed by atoms with van der Waals surface area (Å²) >= 11 is 0. The highest BCUT2D eigenvalue weighted by Gasteiger charge is 2.03. The van der Waals surface area contributed by atoms with Crippen molar-refractivity contribution in [2.75, 3.05) is 0 Å². The average Bonchev–Trinajstić information content (AvgIpc) is 2.61. The maximum atomic E-state index is 5.92. The number of hydrogen-bond acceptors (Lipinski definition) is 2. The SMILES string of the molecule is [CH2]Cc1ccccc1OCc1cccc(Oc2ccccc2)c1. The third kappa shape index (κ3) is 4.13. The van der Waals surface area contributed by atoms with E-state index in [-0.39, 0.29) is 0 Å². The van der Waals surface area contributed by atoms with Gasteiger partial charge in [0.2, 0.25) is 0 Å². The number of ether oxygens (including phenoxy) is 2. The summed E-state index contributed by atoms with van der Waals surface area (Å²) in [5.41, 5.74) is 2.18. The fraction of sp³-hybridized carbons (Fsp3) is 0.0952. The van der Waals surface area contributed by atoms with E-state index < -0.39 is 0 Å². The molecule has 0 saturated heterocycles. The Kier molecular flexibility index (Phi) is 4.95. The lowest BCUT2D eigenvalue weighted by atomic mass is 10.1. The van der Waals surface area contributed by atoms with Gasteiger partial charge in [0.1, 0.15) is 23.9 Å². The van der Waals surface area contributed by atoms with E-state index in [1.807, 2.05) is 78.9 Å². The van der Waals surface area contributed by atoms with Crippen LogP contribution in [0.5, 0.6) is 17.2 Å². The molecule has 0 aliphatic heterocycles. The molecule has 0 bridgehead atoms.